The molecule has 0 saturated carbocycles. The molecule has 0 aliphatic rings. The van der Waals surface area contributed by atoms with Crippen LogP contribution in [0.25, 0.3) is 56.0 Å². The highest BCUT2D eigenvalue weighted by molar-refractivity contribution is 7.90. The third kappa shape index (κ3) is 4.57. The van der Waals surface area contributed by atoms with Gasteiger partial charge in [0.25, 0.3) is 0 Å². The Morgan fingerprint density at radius 3 is 2.66 bits per heavy atom. The predicted molar refractivity (Wildman–Crippen MR) is 143 cm³/mol. The molecule has 0 unspecified atom stereocenters. The van der Waals surface area contributed by atoms with E-state index in [1.807, 2.05) is 12.1 Å². The lowest BCUT2D eigenvalue weighted by Crippen LogP contribution is -2.06. The standard InChI is InChI=1S/C26H21FN8O2S/c1-38(36,37)5-3-14-6-15(8-18(27)7-14)22-24-21(2-4-30-22)32-26(33-24)23-20-10-17(12-31-25(20)35-34-23)16-9-19(28)13-29-11-16/h2,4,6-13H,3,5,28H2,1H3,(H,32,33)(H,31,34,35). The number of anilines is 1. The number of aromatic nitrogens is 7. The van der Waals surface area contributed by atoms with Gasteiger partial charge in [0.15, 0.2) is 11.5 Å². The molecule has 12 heteroatoms. The summed E-state index contributed by atoms with van der Waals surface area (Å²) in [6.45, 7) is 0. The van der Waals surface area contributed by atoms with Crippen LogP contribution in [0.4, 0.5) is 10.1 Å². The minimum Gasteiger partial charge on any atom is -0.397 e. The van der Waals surface area contributed by atoms with Crippen molar-refractivity contribution < 1.29 is 12.8 Å². The number of sulfone groups is 1. The lowest BCUT2D eigenvalue weighted by atomic mass is 10.0. The molecule has 0 atom stereocenters. The number of hydrogen-bond acceptors (Lipinski definition) is 8. The smallest absolute Gasteiger partial charge is 0.181 e. The number of hydrogen-bond donors (Lipinski definition) is 3. The van der Waals surface area contributed by atoms with Gasteiger partial charge in [-0.2, -0.15) is 5.10 Å². The maximum Gasteiger partial charge on any atom is 0.181 e. The van der Waals surface area contributed by atoms with Gasteiger partial charge in [-0.25, -0.2) is 22.8 Å². The average Bonchev–Trinajstić information content (AvgIpc) is 3.50. The fraction of sp³-hybridized carbons (Fsp3) is 0.115. The summed E-state index contributed by atoms with van der Waals surface area (Å²) in [6.07, 6.45) is 7.95. The van der Waals surface area contributed by atoms with Gasteiger partial charge < -0.3 is 10.7 Å². The summed E-state index contributed by atoms with van der Waals surface area (Å²) in [6, 6.07) is 9.97. The van der Waals surface area contributed by atoms with Crippen LogP contribution in [0, 0.1) is 5.82 Å². The monoisotopic (exact) mass is 528 g/mol. The van der Waals surface area contributed by atoms with E-state index in [9.17, 15) is 12.8 Å². The fourth-order valence-electron chi connectivity index (χ4n) is 4.35. The molecular weight excluding hydrogens is 507 g/mol. The lowest BCUT2D eigenvalue weighted by molar-refractivity contribution is 0.600. The zero-order valence-corrected chi connectivity index (χ0v) is 20.9. The molecule has 0 bridgehead atoms. The summed E-state index contributed by atoms with van der Waals surface area (Å²) in [5.41, 5.74) is 12.0. The summed E-state index contributed by atoms with van der Waals surface area (Å²) in [5.74, 6) is -0.0425. The number of pyridine rings is 3. The maximum absolute atomic E-state index is 14.5. The van der Waals surface area contributed by atoms with Gasteiger partial charge in [0.1, 0.15) is 26.9 Å². The number of imidazole rings is 1. The molecule has 5 aromatic heterocycles. The Kier molecular flexibility index (Phi) is 5.60. The van der Waals surface area contributed by atoms with E-state index in [-0.39, 0.29) is 12.2 Å². The Morgan fingerprint density at radius 2 is 1.84 bits per heavy atom. The molecule has 6 aromatic rings. The molecule has 0 aliphatic carbocycles. The van der Waals surface area contributed by atoms with Crippen molar-refractivity contribution in [2.75, 3.05) is 17.7 Å². The van der Waals surface area contributed by atoms with Crippen molar-refractivity contribution in [2.24, 2.45) is 0 Å². The summed E-state index contributed by atoms with van der Waals surface area (Å²) >= 11 is 0. The van der Waals surface area contributed by atoms with E-state index in [4.69, 9.17) is 10.7 Å². The number of benzene rings is 1. The van der Waals surface area contributed by atoms with Crippen LogP contribution in [0.15, 0.2) is 61.2 Å². The number of fused-ring (bicyclic) bond motifs is 2. The van der Waals surface area contributed by atoms with Gasteiger partial charge in [-0.05, 0) is 48.4 Å². The van der Waals surface area contributed by atoms with Crippen LogP contribution in [0.1, 0.15) is 5.56 Å². The number of nitrogens with one attached hydrogen (secondary N) is 2. The van der Waals surface area contributed by atoms with Crippen LogP contribution in [0.2, 0.25) is 0 Å². The van der Waals surface area contributed by atoms with Crippen LogP contribution in [-0.4, -0.2) is 55.5 Å². The molecule has 0 spiro atoms. The first-order valence-electron chi connectivity index (χ1n) is 11.6. The topological polar surface area (TPSA) is 156 Å². The number of aromatic amines is 2. The Labute approximate surface area is 216 Å². The highest BCUT2D eigenvalue weighted by Crippen LogP contribution is 2.32. The van der Waals surface area contributed by atoms with Gasteiger partial charge in [-0.3, -0.25) is 15.1 Å². The van der Waals surface area contributed by atoms with Crippen molar-refractivity contribution in [1.82, 2.24) is 35.1 Å². The Bertz CT molecular complexity index is 1950. The first-order chi connectivity index (χ1) is 18.2. The van der Waals surface area contributed by atoms with Gasteiger partial charge in [0.05, 0.1) is 28.0 Å². The Hall–Kier alpha value is -4.71. The molecule has 5 heterocycles. The van der Waals surface area contributed by atoms with Gasteiger partial charge in [-0.1, -0.05) is 0 Å². The van der Waals surface area contributed by atoms with Crippen LogP contribution < -0.4 is 5.73 Å². The van der Waals surface area contributed by atoms with Gasteiger partial charge in [0.2, 0.25) is 0 Å². The molecule has 0 fully saturated rings. The number of nitrogen functional groups attached to an aromatic ring is 1. The molecular formula is C26H21FN8O2S. The Morgan fingerprint density at radius 1 is 1.00 bits per heavy atom. The van der Waals surface area contributed by atoms with Crippen LogP contribution in [-0.2, 0) is 16.3 Å². The molecule has 0 saturated heterocycles. The zero-order valence-electron chi connectivity index (χ0n) is 20.1. The molecule has 0 aliphatic heterocycles. The van der Waals surface area contributed by atoms with Crippen molar-refractivity contribution in [3.8, 4) is 33.9 Å². The second kappa shape index (κ2) is 8.99. The molecule has 1 aromatic carbocycles. The third-order valence-electron chi connectivity index (χ3n) is 6.13. The minimum atomic E-state index is -3.19. The van der Waals surface area contributed by atoms with Crippen molar-refractivity contribution >= 4 is 37.6 Å². The van der Waals surface area contributed by atoms with E-state index in [1.54, 1.807) is 36.9 Å². The quantitative estimate of drug-likeness (QED) is 0.293. The summed E-state index contributed by atoms with van der Waals surface area (Å²) in [4.78, 5) is 21.1. The number of rotatable bonds is 6. The van der Waals surface area contributed by atoms with E-state index in [2.05, 4.69) is 30.1 Å². The summed E-state index contributed by atoms with van der Waals surface area (Å²) < 4.78 is 37.7. The van der Waals surface area contributed by atoms with E-state index in [1.165, 1.54) is 12.1 Å². The minimum absolute atomic E-state index is 0.0748. The van der Waals surface area contributed by atoms with E-state index in [0.29, 0.717) is 50.7 Å². The van der Waals surface area contributed by atoms with Crippen molar-refractivity contribution in [3.63, 3.8) is 0 Å². The molecule has 38 heavy (non-hydrogen) atoms. The molecule has 4 N–H and O–H groups in total. The highest BCUT2D eigenvalue weighted by atomic mass is 32.2. The van der Waals surface area contributed by atoms with E-state index >= 15 is 0 Å². The number of halogens is 1. The van der Waals surface area contributed by atoms with E-state index < -0.39 is 15.7 Å². The average molecular weight is 529 g/mol. The van der Waals surface area contributed by atoms with Gasteiger partial charge in [0, 0.05) is 47.7 Å². The molecule has 0 amide bonds. The number of H-pyrrole nitrogens is 2. The first kappa shape index (κ1) is 23.7. The zero-order chi connectivity index (χ0) is 26.4. The number of nitrogens with two attached hydrogens (primary N) is 1. The molecule has 10 nitrogen and oxygen atoms in total. The SMILES string of the molecule is CS(=O)(=O)CCc1cc(F)cc(-c2nccc3[nH]c(-c4[nH]nc5ncc(-c6cncc(N)c6)cc45)nc23)c1. The second-order valence-electron chi connectivity index (χ2n) is 9.07. The molecule has 190 valence electrons. The largest absolute Gasteiger partial charge is 0.397 e. The van der Waals surface area contributed by atoms with Crippen LogP contribution in [0.3, 0.4) is 0 Å². The van der Waals surface area contributed by atoms with Crippen LogP contribution >= 0.6 is 0 Å². The predicted octanol–water partition coefficient (Wildman–Crippen LogP) is 3.93. The lowest BCUT2D eigenvalue weighted by Gasteiger charge is -2.06. The van der Waals surface area contributed by atoms with E-state index in [0.717, 1.165) is 22.8 Å². The summed E-state index contributed by atoms with van der Waals surface area (Å²) in [7, 11) is -3.19. The second-order valence-corrected chi connectivity index (χ2v) is 11.3. The van der Waals surface area contributed by atoms with Crippen LogP contribution in [0.5, 0.6) is 0 Å². The molecule has 0 radical (unpaired) electrons. The normalized spacial score (nSPS) is 11.9. The first-order valence-corrected chi connectivity index (χ1v) is 13.7. The van der Waals surface area contributed by atoms with Crippen molar-refractivity contribution in [1.29, 1.82) is 0 Å². The van der Waals surface area contributed by atoms with Gasteiger partial charge >= 0.3 is 0 Å². The fourth-order valence-corrected chi connectivity index (χ4v) is 4.96. The van der Waals surface area contributed by atoms with Gasteiger partial charge in [-0.15, -0.1) is 0 Å². The van der Waals surface area contributed by atoms with Crippen molar-refractivity contribution in [2.45, 2.75) is 6.42 Å². The third-order valence-corrected chi connectivity index (χ3v) is 7.08. The summed E-state index contributed by atoms with van der Waals surface area (Å²) in [5, 5.41) is 8.06. The Balaban J connectivity index is 1.43. The van der Waals surface area contributed by atoms with Crippen molar-refractivity contribution in [3.05, 3.63) is 72.6 Å². The number of aryl methyl sites for hydroxylation is 1. The maximum atomic E-state index is 14.5. The highest BCUT2D eigenvalue weighted by Gasteiger charge is 2.17. The number of nitrogens with zero attached hydrogens (tertiary/aromatic N) is 5. The molecule has 6 rings (SSSR count).